The van der Waals surface area contributed by atoms with E-state index >= 15 is 0 Å². The summed E-state index contributed by atoms with van der Waals surface area (Å²) in [6.07, 6.45) is -0.255. The van der Waals surface area contributed by atoms with Crippen LogP contribution in [-0.2, 0) is 21.2 Å². The molecule has 0 aromatic heterocycles. The van der Waals surface area contributed by atoms with Crippen molar-refractivity contribution >= 4 is 21.7 Å². The molecular formula is C18H16N2O4S. The summed E-state index contributed by atoms with van der Waals surface area (Å²) in [6, 6.07) is 14.8. The third-order valence-corrected chi connectivity index (χ3v) is 5.78. The van der Waals surface area contributed by atoms with Crippen LogP contribution in [0.25, 0.3) is 0 Å². The summed E-state index contributed by atoms with van der Waals surface area (Å²) in [6.45, 7) is 1.81. The summed E-state index contributed by atoms with van der Waals surface area (Å²) >= 11 is 0. The van der Waals surface area contributed by atoms with Gasteiger partial charge in [-0.3, -0.25) is 4.31 Å². The van der Waals surface area contributed by atoms with E-state index in [1.807, 2.05) is 12.1 Å². The van der Waals surface area contributed by atoms with Crippen molar-refractivity contribution in [1.29, 1.82) is 5.26 Å². The van der Waals surface area contributed by atoms with Gasteiger partial charge < -0.3 is 4.74 Å². The minimum absolute atomic E-state index is 0.0169. The number of ether oxygens (including phenoxy) is 1. The van der Waals surface area contributed by atoms with Gasteiger partial charge in [0.05, 0.1) is 16.1 Å². The molecule has 0 spiro atoms. The second kappa shape index (κ2) is 6.57. The van der Waals surface area contributed by atoms with Crippen LogP contribution in [0.2, 0.25) is 0 Å². The maximum Gasteiger partial charge on any atom is 0.339 e. The van der Waals surface area contributed by atoms with Crippen molar-refractivity contribution in [3.8, 4) is 6.07 Å². The van der Waals surface area contributed by atoms with Crippen LogP contribution in [0.1, 0.15) is 22.8 Å². The van der Waals surface area contributed by atoms with Gasteiger partial charge in [-0.05, 0) is 43.2 Å². The number of sulfonamides is 1. The van der Waals surface area contributed by atoms with Gasteiger partial charge in [-0.25, -0.2) is 13.2 Å². The van der Waals surface area contributed by atoms with Crippen molar-refractivity contribution in [2.75, 3.05) is 10.8 Å². The molecule has 0 fully saturated rings. The van der Waals surface area contributed by atoms with Gasteiger partial charge in [0, 0.05) is 6.54 Å². The zero-order chi connectivity index (χ0) is 18.0. The van der Waals surface area contributed by atoms with E-state index in [0.717, 1.165) is 5.56 Å². The fourth-order valence-corrected chi connectivity index (χ4v) is 4.27. The van der Waals surface area contributed by atoms with Gasteiger partial charge in [0.2, 0.25) is 0 Å². The van der Waals surface area contributed by atoms with Gasteiger partial charge in [0.15, 0.2) is 6.10 Å². The van der Waals surface area contributed by atoms with Gasteiger partial charge >= 0.3 is 5.97 Å². The first-order valence-electron chi connectivity index (χ1n) is 7.75. The highest BCUT2D eigenvalue weighted by Gasteiger charge is 2.31. The number of rotatable bonds is 4. The van der Waals surface area contributed by atoms with Gasteiger partial charge in [-0.2, -0.15) is 5.26 Å². The van der Waals surface area contributed by atoms with Crippen LogP contribution in [0.4, 0.5) is 5.69 Å². The van der Waals surface area contributed by atoms with Crippen LogP contribution >= 0.6 is 0 Å². The number of fused-ring (bicyclic) bond motifs is 1. The summed E-state index contributed by atoms with van der Waals surface area (Å²) in [5, 5.41) is 8.72. The highest BCUT2D eigenvalue weighted by atomic mass is 32.2. The third-order valence-electron chi connectivity index (χ3n) is 3.97. The lowest BCUT2D eigenvalue weighted by Crippen LogP contribution is -2.29. The summed E-state index contributed by atoms with van der Waals surface area (Å²) in [7, 11) is -3.78. The van der Waals surface area contributed by atoms with E-state index in [1.165, 1.54) is 35.5 Å². The Labute approximate surface area is 146 Å². The second-order valence-electron chi connectivity index (χ2n) is 5.66. The Morgan fingerprint density at radius 1 is 1.24 bits per heavy atom. The average molecular weight is 356 g/mol. The fourth-order valence-electron chi connectivity index (χ4n) is 2.72. The maximum atomic E-state index is 13.0. The van der Waals surface area contributed by atoms with Crippen LogP contribution in [0.15, 0.2) is 53.4 Å². The minimum atomic E-state index is -3.78. The molecule has 0 N–H and O–H groups in total. The fraction of sp³-hybridized carbons (Fsp3) is 0.222. The van der Waals surface area contributed by atoms with E-state index in [0.29, 0.717) is 18.7 Å². The topological polar surface area (TPSA) is 87.5 Å². The van der Waals surface area contributed by atoms with Crippen LogP contribution in [-0.4, -0.2) is 27.0 Å². The lowest BCUT2D eigenvalue weighted by atomic mass is 10.2. The van der Waals surface area contributed by atoms with E-state index in [4.69, 9.17) is 10.00 Å². The monoisotopic (exact) mass is 356 g/mol. The maximum absolute atomic E-state index is 13.0. The second-order valence-corrected chi connectivity index (χ2v) is 7.52. The minimum Gasteiger partial charge on any atom is -0.444 e. The number of anilines is 1. The van der Waals surface area contributed by atoms with Crippen molar-refractivity contribution in [3.63, 3.8) is 0 Å². The summed E-state index contributed by atoms with van der Waals surface area (Å²) in [5.41, 5.74) is 1.73. The van der Waals surface area contributed by atoms with E-state index in [-0.39, 0.29) is 10.5 Å². The molecule has 7 heteroatoms. The zero-order valence-electron chi connectivity index (χ0n) is 13.5. The molecule has 0 unspecified atom stereocenters. The molecule has 2 aromatic rings. The molecule has 1 aliphatic heterocycles. The van der Waals surface area contributed by atoms with Crippen molar-refractivity contribution in [1.82, 2.24) is 0 Å². The predicted molar refractivity (Wildman–Crippen MR) is 91.6 cm³/mol. The van der Waals surface area contributed by atoms with Crippen LogP contribution in [0.3, 0.4) is 0 Å². The number of para-hydroxylation sites is 1. The molecule has 0 saturated heterocycles. The standard InChI is InChI=1S/C18H16N2O4S/c1-13(12-19)24-18(21)15-6-4-7-16(11-15)25(22,23)20-10-9-14-5-2-3-8-17(14)20/h2-8,11,13H,9-10H2,1H3/t13-/m1/s1. The molecule has 0 saturated carbocycles. The molecule has 25 heavy (non-hydrogen) atoms. The lowest BCUT2D eigenvalue weighted by Gasteiger charge is -2.19. The molecule has 1 aliphatic rings. The molecule has 2 aromatic carbocycles. The van der Waals surface area contributed by atoms with Crippen molar-refractivity contribution in [3.05, 3.63) is 59.7 Å². The quantitative estimate of drug-likeness (QED) is 0.786. The molecule has 128 valence electrons. The van der Waals surface area contributed by atoms with Crippen LogP contribution in [0.5, 0.6) is 0 Å². The Hall–Kier alpha value is -2.85. The molecule has 0 radical (unpaired) electrons. The zero-order valence-corrected chi connectivity index (χ0v) is 14.4. The number of hydrogen-bond donors (Lipinski definition) is 0. The number of esters is 1. The molecule has 3 rings (SSSR count). The molecule has 1 heterocycles. The molecule has 6 nitrogen and oxygen atoms in total. The normalized spacial score (nSPS) is 14.5. The Bertz CT molecular complexity index is 963. The molecule has 0 bridgehead atoms. The van der Waals surface area contributed by atoms with E-state index < -0.39 is 22.1 Å². The Kier molecular flexibility index (Phi) is 4.47. The largest absolute Gasteiger partial charge is 0.444 e. The molecule has 0 aliphatic carbocycles. The molecule has 0 amide bonds. The van der Waals surface area contributed by atoms with E-state index in [2.05, 4.69) is 0 Å². The van der Waals surface area contributed by atoms with Gasteiger partial charge in [0.1, 0.15) is 6.07 Å². The first-order valence-corrected chi connectivity index (χ1v) is 9.19. The third kappa shape index (κ3) is 3.21. The Morgan fingerprint density at radius 2 is 2.00 bits per heavy atom. The van der Waals surface area contributed by atoms with Crippen LogP contribution < -0.4 is 4.31 Å². The number of carbonyl (C=O) groups excluding carboxylic acids is 1. The number of benzene rings is 2. The van der Waals surface area contributed by atoms with Crippen molar-refractivity contribution < 1.29 is 17.9 Å². The number of nitriles is 1. The van der Waals surface area contributed by atoms with E-state index in [9.17, 15) is 13.2 Å². The Morgan fingerprint density at radius 3 is 2.76 bits per heavy atom. The first kappa shape index (κ1) is 17.0. The molecule has 1 atom stereocenters. The van der Waals surface area contributed by atoms with E-state index in [1.54, 1.807) is 18.2 Å². The van der Waals surface area contributed by atoms with Gasteiger partial charge in [0.25, 0.3) is 10.0 Å². The highest BCUT2D eigenvalue weighted by molar-refractivity contribution is 7.92. The number of carbonyl (C=O) groups is 1. The van der Waals surface area contributed by atoms with Crippen molar-refractivity contribution in [2.45, 2.75) is 24.3 Å². The summed E-state index contributed by atoms with van der Waals surface area (Å²) in [5.74, 6) is -0.729. The lowest BCUT2D eigenvalue weighted by molar-refractivity contribution is 0.0435. The molecular weight excluding hydrogens is 340 g/mol. The van der Waals surface area contributed by atoms with Crippen LogP contribution in [0, 0.1) is 11.3 Å². The summed E-state index contributed by atoms with van der Waals surface area (Å²) < 4.78 is 32.2. The summed E-state index contributed by atoms with van der Waals surface area (Å²) in [4.78, 5) is 12.0. The number of hydrogen-bond acceptors (Lipinski definition) is 5. The average Bonchev–Trinajstić information content (AvgIpc) is 3.06. The number of nitrogens with zero attached hydrogens (tertiary/aromatic N) is 2. The van der Waals surface area contributed by atoms with Crippen molar-refractivity contribution in [2.24, 2.45) is 0 Å². The van der Waals surface area contributed by atoms with Gasteiger partial charge in [-0.1, -0.05) is 24.3 Å². The predicted octanol–water partition coefficient (Wildman–Crippen LogP) is 2.51. The SMILES string of the molecule is C[C@H](C#N)OC(=O)c1cccc(S(=O)(=O)N2CCc3ccccc32)c1. The highest BCUT2D eigenvalue weighted by Crippen LogP contribution is 2.32. The smallest absolute Gasteiger partial charge is 0.339 e. The first-order chi connectivity index (χ1) is 11.9. The van der Waals surface area contributed by atoms with Gasteiger partial charge in [-0.15, -0.1) is 0 Å². The Balaban J connectivity index is 1.93.